The molecule has 1 radical (unpaired) electrons. The third kappa shape index (κ3) is 2.40. The van der Waals surface area contributed by atoms with Crippen LogP contribution in [0.25, 0.3) is 0 Å². The van der Waals surface area contributed by atoms with Crippen LogP contribution in [0.3, 0.4) is 0 Å². The van der Waals surface area contributed by atoms with Gasteiger partial charge in [0.15, 0.2) is 0 Å². The number of ether oxygens (including phenoxy) is 1. The van der Waals surface area contributed by atoms with Crippen molar-refractivity contribution in [3.63, 3.8) is 0 Å². The van der Waals surface area contributed by atoms with Crippen LogP contribution in [0.4, 0.5) is 0 Å². The molecule has 0 saturated heterocycles. The van der Waals surface area contributed by atoms with Gasteiger partial charge in [0.1, 0.15) is 11.4 Å². The average molecular weight is 208 g/mol. The van der Waals surface area contributed by atoms with E-state index in [-0.39, 0.29) is 0 Å². The van der Waals surface area contributed by atoms with Gasteiger partial charge >= 0.3 is 0 Å². The first-order valence-corrected chi connectivity index (χ1v) is 4.88. The van der Waals surface area contributed by atoms with Crippen molar-refractivity contribution in [3.8, 4) is 17.6 Å². The molecule has 0 atom stereocenters. The van der Waals surface area contributed by atoms with E-state index in [1.165, 1.54) is 0 Å². The van der Waals surface area contributed by atoms with Gasteiger partial charge in [-0.3, -0.25) is 0 Å². The van der Waals surface area contributed by atoms with Gasteiger partial charge in [-0.15, -0.1) is 0 Å². The van der Waals surface area contributed by atoms with Crippen LogP contribution in [-0.4, -0.2) is 12.1 Å². The first kappa shape index (κ1) is 10.3. The first-order chi connectivity index (χ1) is 7.90. The molecule has 77 valence electrons. The molecule has 16 heavy (non-hydrogen) atoms. The Kier molecular flexibility index (Phi) is 3.20. The summed E-state index contributed by atoms with van der Waals surface area (Å²) in [6, 6.07) is 13.1. The second kappa shape index (κ2) is 4.99. The number of aromatic nitrogens is 1. The lowest BCUT2D eigenvalue weighted by Gasteiger charge is -2.00. The monoisotopic (exact) mass is 208 g/mol. The van der Waals surface area contributed by atoms with Gasteiger partial charge in [0.2, 0.25) is 0 Å². The normalized spacial score (nSPS) is 9.06. The summed E-state index contributed by atoms with van der Waals surface area (Å²) in [5.41, 5.74) is 1.56. The summed E-state index contributed by atoms with van der Waals surface area (Å²) in [7, 11) is 1.63. The third-order valence-corrected chi connectivity index (χ3v) is 2.04. The predicted molar refractivity (Wildman–Crippen MR) is 62.0 cm³/mol. The second-order valence-electron chi connectivity index (χ2n) is 3.10. The van der Waals surface area contributed by atoms with Gasteiger partial charge in [0.25, 0.3) is 0 Å². The van der Waals surface area contributed by atoms with E-state index in [0.717, 1.165) is 11.3 Å². The van der Waals surface area contributed by atoms with Gasteiger partial charge in [-0.1, -0.05) is 24.1 Å². The molecule has 0 unspecified atom stereocenters. The fraction of sp³-hybridized carbons (Fsp3) is 0.0714. The Hall–Kier alpha value is -2.27. The Bertz CT molecular complexity index is 523. The van der Waals surface area contributed by atoms with Crippen molar-refractivity contribution in [1.82, 2.24) is 4.98 Å². The molecule has 2 heteroatoms. The minimum Gasteiger partial charge on any atom is -0.495 e. The highest BCUT2D eigenvalue weighted by atomic mass is 16.5. The highest BCUT2D eigenvalue weighted by Crippen LogP contribution is 2.15. The van der Waals surface area contributed by atoms with Gasteiger partial charge in [-0.25, -0.2) is 4.98 Å². The van der Waals surface area contributed by atoms with Crippen molar-refractivity contribution < 1.29 is 4.74 Å². The number of rotatable bonds is 1. The topological polar surface area (TPSA) is 22.1 Å². The van der Waals surface area contributed by atoms with Crippen LogP contribution in [0, 0.1) is 18.0 Å². The van der Waals surface area contributed by atoms with Crippen LogP contribution < -0.4 is 4.74 Å². The Morgan fingerprint density at radius 1 is 1.12 bits per heavy atom. The summed E-state index contributed by atoms with van der Waals surface area (Å²) < 4.78 is 5.20. The largest absolute Gasteiger partial charge is 0.495 e. The van der Waals surface area contributed by atoms with Crippen molar-refractivity contribution in [2.75, 3.05) is 7.11 Å². The summed E-state index contributed by atoms with van der Waals surface area (Å²) in [5.74, 6) is 6.76. The second-order valence-corrected chi connectivity index (χ2v) is 3.10. The lowest BCUT2D eigenvalue weighted by Crippen LogP contribution is -1.87. The van der Waals surface area contributed by atoms with Crippen molar-refractivity contribution in [3.05, 3.63) is 59.9 Å². The van der Waals surface area contributed by atoms with Crippen LogP contribution in [-0.2, 0) is 0 Å². The van der Waals surface area contributed by atoms with Crippen molar-refractivity contribution in [1.29, 1.82) is 0 Å². The molecule has 0 aliphatic heterocycles. The maximum Gasteiger partial charge on any atom is 0.134 e. The zero-order valence-corrected chi connectivity index (χ0v) is 8.90. The molecule has 2 rings (SSSR count). The molecule has 0 N–H and O–H groups in total. The lowest BCUT2D eigenvalue weighted by atomic mass is 10.2. The van der Waals surface area contributed by atoms with Crippen LogP contribution in [0.15, 0.2) is 42.5 Å². The minimum atomic E-state index is 0.702. The molecule has 0 saturated carbocycles. The van der Waals surface area contributed by atoms with E-state index in [4.69, 9.17) is 4.74 Å². The highest BCUT2D eigenvalue weighted by Gasteiger charge is 1.96. The summed E-state index contributed by atoms with van der Waals surface area (Å²) in [4.78, 5) is 4.01. The smallest absolute Gasteiger partial charge is 0.134 e. The fourth-order valence-corrected chi connectivity index (χ4v) is 1.28. The van der Waals surface area contributed by atoms with Crippen molar-refractivity contribution >= 4 is 0 Å². The highest BCUT2D eigenvalue weighted by molar-refractivity contribution is 5.48. The number of para-hydroxylation sites is 1. The maximum atomic E-state index is 5.20. The molecule has 0 fully saturated rings. The molecular formula is C14H10NO. The average Bonchev–Trinajstić information content (AvgIpc) is 2.38. The quantitative estimate of drug-likeness (QED) is 0.671. The summed E-state index contributed by atoms with van der Waals surface area (Å²) >= 11 is 0. The fourth-order valence-electron chi connectivity index (χ4n) is 1.28. The van der Waals surface area contributed by atoms with E-state index < -0.39 is 0 Å². The van der Waals surface area contributed by atoms with E-state index in [1.54, 1.807) is 13.2 Å². The number of hydrogen-bond donors (Lipinski definition) is 0. The van der Waals surface area contributed by atoms with E-state index in [1.807, 2.05) is 36.4 Å². The van der Waals surface area contributed by atoms with Crippen LogP contribution in [0.1, 0.15) is 11.3 Å². The molecule has 0 aliphatic carbocycles. The maximum absolute atomic E-state index is 5.20. The Morgan fingerprint density at radius 3 is 2.75 bits per heavy atom. The predicted octanol–water partition coefficient (Wildman–Crippen LogP) is 2.29. The Labute approximate surface area is 94.9 Å². The standard InChI is InChI=1S/C14H10NO/c1-16-14-8-3-2-6-12(14)9-10-13-7-4-5-11-15-13/h2-8H,1H3. The van der Waals surface area contributed by atoms with Crippen LogP contribution in [0.2, 0.25) is 0 Å². The molecule has 0 aliphatic rings. The SMILES string of the molecule is COc1ccccc1C#Cc1ccc[c]n1. The van der Waals surface area contributed by atoms with E-state index in [0.29, 0.717) is 5.69 Å². The Balaban J connectivity index is 2.31. The van der Waals surface area contributed by atoms with Gasteiger partial charge in [0, 0.05) is 0 Å². The van der Waals surface area contributed by atoms with Crippen LogP contribution in [0.5, 0.6) is 5.75 Å². The molecule has 1 aromatic heterocycles. The van der Waals surface area contributed by atoms with E-state index in [2.05, 4.69) is 23.0 Å². The molecule has 2 nitrogen and oxygen atoms in total. The molecule has 1 aromatic carbocycles. The van der Waals surface area contributed by atoms with Gasteiger partial charge in [0.05, 0.1) is 18.9 Å². The molecule has 0 bridgehead atoms. The lowest BCUT2D eigenvalue weighted by molar-refractivity contribution is 0.413. The minimum absolute atomic E-state index is 0.702. The van der Waals surface area contributed by atoms with Crippen LogP contribution >= 0.6 is 0 Å². The van der Waals surface area contributed by atoms with Gasteiger partial charge < -0.3 is 4.74 Å². The van der Waals surface area contributed by atoms with E-state index in [9.17, 15) is 0 Å². The summed E-state index contributed by atoms with van der Waals surface area (Å²) in [5, 5.41) is 0. The number of benzene rings is 1. The zero-order chi connectivity index (χ0) is 11.2. The van der Waals surface area contributed by atoms with Gasteiger partial charge in [-0.05, 0) is 30.2 Å². The van der Waals surface area contributed by atoms with Crippen molar-refractivity contribution in [2.24, 2.45) is 0 Å². The number of nitrogens with zero attached hydrogens (tertiary/aromatic N) is 1. The Morgan fingerprint density at radius 2 is 2.00 bits per heavy atom. The number of hydrogen-bond acceptors (Lipinski definition) is 2. The molecule has 1 heterocycles. The molecule has 0 amide bonds. The zero-order valence-electron chi connectivity index (χ0n) is 8.90. The summed E-state index contributed by atoms with van der Waals surface area (Å²) in [6.45, 7) is 0. The first-order valence-electron chi connectivity index (χ1n) is 4.88. The van der Waals surface area contributed by atoms with E-state index >= 15 is 0 Å². The molecular weight excluding hydrogens is 198 g/mol. The van der Waals surface area contributed by atoms with Crippen molar-refractivity contribution in [2.45, 2.75) is 0 Å². The van der Waals surface area contributed by atoms with Gasteiger partial charge in [-0.2, -0.15) is 0 Å². The third-order valence-electron chi connectivity index (χ3n) is 2.04. The molecule has 2 aromatic rings. The number of methoxy groups -OCH3 is 1. The number of pyridine rings is 1. The molecule has 0 spiro atoms. The summed E-state index contributed by atoms with van der Waals surface area (Å²) in [6.07, 6.45) is 2.74.